The molecular formula is C18H15ClF3N3O2. The van der Waals surface area contributed by atoms with Crippen molar-refractivity contribution in [2.75, 3.05) is 10.6 Å². The van der Waals surface area contributed by atoms with Gasteiger partial charge in [0.05, 0.1) is 22.9 Å². The van der Waals surface area contributed by atoms with E-state index in [4.69, 9.17) is 11.6 Å². The molecule has 2 aromatic rings. The smallest absolute Gasteiger partial charge is 0.325 e. The Morgan fingerprint density at radius 3 is 2.37 bits per heavy atom. The summed E-state index contributed by atoms with van der Waals surface area (Å²) < 4.78 is 39.0. The number of amides is 2. The minimum atomic E-state index is -4.52. The predicted molar refractivity (Wildman–Crippen MR) is 94.5 cm³/mol. The first-order chi connectivity index (χ1) is 12.6. The highest BCUT2D eigenvalue weighted by Crippen LogP contribution is 2.52. The third-order valence-electron chi connectivity index (χ3n) is 4.32. The number of carbonyl (C=O) groups is 2. The number of carbonyl (C=O) groups excluding carboxylic acids is 2. The highest BCUT2D eigenvalue weighted by molar-refractivity contribution is 6.32. The summed E-state index contributed by atoms with van der Waals surface area (Å²) in [7, 11) is 0. The Hall–Kier alpha value is -2.61. The average Bonchev–Trinajstić information content (AvgIpc) is 3.37. The number of rotatable bonds is 4. The Bertz CT molecular complexity index is 894. The predicted octanol–water partition coefficient (Wildman–Crippen LogP) is 4.38. The molecule has 1 aliphatic carbocycles. The third-order valence-corrected chi connectivity index (χ3v) is 4.65. The van der Waals surface area contributed by atoms with Crippen LogP contribution < -0.4 is 10.6 Å². The Kier molecular flexibility index (Phi) is 4.86. The maximum atomic E-state index is 13.0. The van der Waals surface area contributed by atoms with Crippen LogP contribution in [0.3, 0.4) is 0 Å². The van der Waals surface area contributed by atoms with E-state index in [1.165, 1.54) is 19.2 Å². The third kappa shape index (κ3) is 4.05. The van der Waals surface area contributed by atoms with E-state index in [1.54, 1.807) is 6.07 Å². The number of hydrogen-bond donors (Lipinski definition) is 2. The van der Waals surface area contributed by atoms with E-state index in [1.807, 2.05) is 0 Å². The van der Waals surface area contributed by atoms with E-state index in [0.717, 1.165) is 18.2 Å². The monoisotopic (exact) mass is 397 g/mol. The summed E-state index contributed by atoms with van der Waals surface area (Å²) in [6.45, 7) is 1.35. The van der Waals surface area contributed by atoms with Crippen LogP contribution in [0.15, 0.2) is 36.5 Å². The van der Waals surface area contributed by atoms with E-state index < -0.39 is 23.1 Å². The lowest BCUT2D eigenvalue weighted by Gasteiger charge is -2.19. The minimum absolute atomic E-state index is 0.115. The number of nitrogens with one attached hydrogen (secondary N) is 2. The Morgan fingerprint density at radius 1 is 1.15 bits per heavy atom. The van der Waals surface area contributed by atoms with Crippen molar-refractivity contribution in [1.29, 1.82) is 0 Å². The zero-order valence-electron chi connectivity index (χ0n) is 14.2. The van der Waals surface area contributed by atoms with Gasteiger partial charge in [-0.05, 0) is 48.7 Å². The van der Waals surface area contributed by atoms with Crippen LogP contribution in [0.5, 0.6) is 0 Å². The van der Waals surface area contributed by atoms with Gasteiger partial charge in [0.2, 0.25) is 11.8 Å². The van der Waals surface area contributed by atoms with E-state index >= 15 is 0 Å². The summed E-state index contributed by atoms with van der Waals surface area (Å²) in [4.78, 5) is 27.7. The summed E-state index contributed by atoms with van der Waals surface area (Å²) in [6.07, 6.45) is -2.37. The topological polar surface area (TPSA) is 71.1 Å². The van der Waals surface area contributed by atoms with Gasteiger partial charge in [0.25, 0.3) is 0 Å². The van der Waals surface area contributed by atoms with Gasteiger partial charge in [-0.25, -0.2) is 4.98 Å². The van der Waals surface area contributed by atoms with Gasteiger partial charge in [-0.15, -0.1) is 0 Å². The number of aromatic nitrogens is 1. The van der Waals surface area contributed by atoms with Crippen LogP contribution >= 0.6 is 11.6 Å². The van der Waals surface area contributed by atoms with Gasteiger partial charge in [-0.1, -0.05) is 11.6 Å². The van der Waals surface area contributed by atoms with Crippen molar-refractivity contribution in [3.63, 3.8) is 0 Å². The maximum absolute atomic E-state index is 13.0. The summed E-state index contributed by atoms with van der Waals surface area (Å²) in [5.74, 6) is -0.503. The van der Waals surface area contributed by atoms with Crippen LogP contribution in [0.25, 0.3) is 0 Å². The number of nitrogens with zero attached hydrogens (tertiary/aromatic N) is 1. The highest BCUT2D eigenvalue weighted by atomic mass is 35.5. The molecule has 0 aliphatic heterocycles. The standard InChI is InChI=1S/C18H15ClF3N3O2/c1-10(26)24-12-3-5-15(23-9-12)25-16(27)17(6-7-17)13-8-11(18(20,21)22)2-4-14(13)19/h2-5,8-9H,6-7H2,1H3,(H,24,26)(H,23,25,27). The van der Waals surface area contributed by atoms with Crippen molar-refractivity contribution >= 4 is 34.9 Å². The van der Waals surface area contributed by atoms with Crippen LogP contribution in [0, 0.1) is 0 Å². The molecule has 1 saturated carbocycles. The molecule has 0 saturated heterocycles. The highest BCUT2D eigenvalue weighted by Gasteiger charge is 2.53. The molecule has 1 heterocycles. The second-order valence-corrected chi connectivity index (χ2v) is 6.75. The number of hydrogen-bond acceptors (Lipinski definition) is 3. The Balaban J connectivity index is 1.82. The number of benzene rings is 1. The van der Waals surface area contributed by atoms with E-state index in [9.17, 15) is 22.8 Å². The van der Waals surface area contributed by atoms with Crippen molar-refractivity contribution in [1.82, 2.24) is 4.98 Å². The van der Waals surface area contributed by atoms with Gasteiger partial charge in [0, 0.05) is 11.9 Å². The normalized spacial score (nSPS) is 15.1. The number of pyridine rings is 1. The fraction of sp³-hybridized carbons (Fsp3) is 0.278. The maximum Gasteiger partial charge on any atom is 0.416 e. The summed E-state index contributed by atoms with van der Waals surface area (Å²) in [5.41, 5.74) is -1.33. The molecule has 1 aromatic carbocycles. The summed E-state index contributed by atoms with van der Waals surface area (Å²) >= 11 is 6.08. The van der Waals surface area contributed by atoms with Crippen LogP contribution in [-0.4, -0.2) is 16.8 Å². The zero-order valence-corrected chi connectivity index (χ0v) is 14.9. The first-order valence-electron chi connectivity index (χ1n) is 8.04. The van der Waals surface area contributed by atoms with Crippen molar-refractivity contribution in [3.8, 4) is 0 Å². The molecule has 0 atom stereocenters. The molecule has 1 aromatic heterocycles. The van der Waals surface area contributed by atoms with Crippen LogP contribution in [0.1, 0.15) is 30.9 Å². The summed E-state index contributed by atoms with van der Waals surface area (Å²) in [6, 6.07) is 6.03. The number of anilines is 2. The fourth-order valence-corrected chi connectivity index (χ4v) is 3.09. The molecule has 9 heteroatoms. The van der Waals surface area contributed by atoms with E-state index in [-0.39, 0.29) is 22.3 Å². The first kappa shape index (κ1) is 19.2. The molecule has 27 heavy (non-hydrogen) atoms. The van der Waals surface area contributed by atoms with Crippen molar-refractivity contribution in [2.24, 2.45) is 0 Å². The van der Waals surface area contributed by atoms with Crippen molar-refractivity contribution in [2.45, 2.75) is 31.4 Å². The zero-order chi connectivity index (χ0) is 19.8. The van der Waals surface area contributed by atoms with Crippen LogP contribution in [0.2, 0.25) is 5.02 Å². The van der Waals surface area contributed by atoms with Gasteiger partial charge < -0.3 is 10.6 Å². The second-order valence-electron chi connectivity index (χ2n) is 6.34. The fourth-order valence-electron chi connectivity index (χ4n) is 2.79. The van der Waals surface area contributed by atoms with Crippen LogP contribution in [0.4, 0.5) is 24.7 Å². The largest absolute Gasteiger partial charge is 0.416 e. The molecule has 0 bridgehead atoms. The van der Waals surface area contributed by atoms with Gasteiger partial charge >= 0.3 is 6.18 Å². The second kappa shape index (κ2) is 6.84. The molecule has 2 amide bonds. The molecule has 0 spiro atoms. The van der Waals surface area contributed by atoms with Crippen LogP contribution in [-0.2, 0) is 21.2 Å². The van der Waals surface area contributed by atoms with Crippen molar-refractivity contribution in [3.05, 3.63) is 52.7 Å². The molecule has 2 N–H and O–H groups in total. The van der Waals surface area contributed by atoms with Crippen molar-refractivity contribution < 1.29 is 22.8 Å². The minimum Gasteiger partial charge on any atom is -0.325 e. The van der Waals surface area contributed by atoms with E-state index in [2.05, 4.69) is 15.6 Å². The first-order valence-corrected chi connectivity index (χ1v) is 8.42. The molecule has 0 radical (unpaired) electrons. The number of halogens is 4. The molecular weight excluding hydrogens is 383 g/mol. The quantitative estimate of drug-likeness (QED) is 0.804. The molecule has 3 rings (SSSR count). The molecule has 1 fully saturated rings. The molecule has 5 nitrogen and oxygen atoms in total. The lowest BCUT2D eigenvalue weighted by molar-refractivity contribution is -0.137. The van der Waals surface area contributed by atoms with Gasteiger partial charge in [0.15, 0.2) is 0 Å². The van der Waals surface area contributed by atoms with Gasteiger partial charge in [-0.3, -0.25) is 9.59 Å². The molecule has 142 valence electrons. The van der Waals surface area contributed by atoms with E-state index in [0.29, 0.717) is 18.5 Å². The molecule has 1 aliphatic rings. The average molecular weight is 398 g/mol. The summed E-state index contributed by atoms with van der Waals surface area (Å²) in [5, 5.41) is 5.27. The Labute approximate surface area is 157 Å². The van der Waals surface area contributed by atoms with Gasteiger partial charge in [0.1, 0.15) is 5.82 Å². The molecule has 0 unspecified atom stereocenters. The lowest BCUT2D eigenvalue weighted by atomic mass is 9.93. The number of alkyl halides is 3. The SMILES string of the molecule is CC(=O)Nc1ccc(NC(=O)C2(c3cc(C(F)(F)F)ccc3Cl)CC2)nc1. The van der Waals surface area contributed by atoms with Gasteiger partial charge in [-0.2, -0.15) is 13.2 Å². The lowest BCUT2D eigenvalue weighted by Crippen LogP contribution is -2.29. The Morgan fingerprint density at radius 2 is 1.85 bits per heavy atom.